The number of halogens is 1. The Morgan fingerprint density at radius 3 is 2.36 bits per heavy atom. The van der Waals surface area contributed by atoms with Gasteiger partial charge in [-0.15, -0.1) is 28.3 Å². The molecule has 3 aromatic rings. The number of hydrogen-bond donors (Lipinski definition) is 0. The van der Waals surface area contributed by atoms with E-state index >= 15 is 0 Å². The first kappa shape index (κ1) is 16.7. The predicted octanol–water partition coefficient (Wildman–Crippen LogP) is 5.68. The van der Waals surface area contributed by atoms with Gasteiger partial charge in [-0.1, -0.05) is 23.8 Å². The molecule has 0 atom stereocenters. The first-order valence-corrected chi connectivity index (χ1v) is 7.73. The van der Waals surface area contributed by atoms with Gasteiger partial charge in [-0.25, -0.2) is 4.98 Å². The Kier molecular flexibility index (Phi) is 5.37. The second-order valence-corrected chi connectivity index (χ2v) is 5.94. The second-order valence-electron chi connectivity index (χ2n) is 5.08. The Balaban J connectivity index is 0.00000176. The third-order valence-electron chi connectivity index (χ3n) is 3.50. The summed E-state index contributed by atoms with van der Waals surface area (Å²) in [5.74, 6) is 0.866. The lowest BCUT2D eigenvalue weighted by molar-refractivity contribution is 0.415. The lowest BCUT2D eigenvalue weighted by Gasteiger charge is -2.03. The number of ether oxygens (including phenoxy) is 1. The highest BCUT2D eigenvalue weighted by molar-refractivity contribution is 8.93. The van der Waals surface area contributed by atoms with Gasteiger partial charge in [-0.05, 0) is 43.7 Å². The van der Waals surface area contributed by atoms with Crippen LogP contribution in [0.3, 0.4) is 0 Å². The number of hydrogen-bond acceptors (Lipinski definition) is 3. The van der Waals surface area contributed by atoms with E-state index in [4.69, 9.17) is 9.72 Å². The SMILES string of the molecule is Br.COc1ccc(-c2nc(-c3ccc(C)cc3C)cs2)cc1. The van der Waals surface area contributed by atoms with E-state index in [-0.39, 0.29) is 17.0 Å². The molecule has 0 bridgehead atoms. The van der Waals surface area contributed by atoms with Gasteiger partial charge in [0.1, 0.15) is 10.8 Å². The fraction of sp³-hybridized carbons (Fsp3) is 0.167. The van der Waals surface area contributed by atoms with Crippen molar-refractivity contribution in [2.75, 3.05) is 7.11 Å². The van der Waals surface area contributed by atoms with Crippen LogP contribution in [0.4, 0.5) is 0 Å². The molecule has 0 saturated carbocycles. The minimum atomic E-state index is 0. The van der Waals surface area contributed by atoms with Gasteiger partial charge in [-0.2, -0.15) is 0 Å². The van der Waals surface area contributed by atoms with Gasteiger partial charge in [0.25, 0.3) is 0 Å². The van der Waals surface area contributed by atoms with Gasteiger partial charge >= 0.3 is 0 Å². The van der Waals surface area contributed by atoms with Crippen molar-refractivity contribution in [2.24, 2.45) is 0 Å². The van der Waals surface area contributed by atoms with E-state index in [9.17, 15) is 0 Å². The molecule has 0 unspecified atom stereocenters. The molecular weight excluding hydrogens is 358 g/mol. The van der Waals surface area contributed by atoms with E-state index in [1.807, 2.05) is 24.3 Å². The van der Waals surface area contributed by atoms with E-state index in [0.29, 0.717) is 0 Å². The number of benzene rings is 2. The fourth-order valence-corrected chi connectivity index (χ4v) is 3.19. The highest BCUT2D eigenvalue weighted by atomic mass is 79.9. The van der Waals surface area contributed by atoms with E-state index < -0.39 is 0 Å². The van der Waals surface area contributed by atoms with Crippen LogP contribution in [0, 0.1) is 13.8 Å². The van der Waals surface area contributed by atoms with E-state index in [1.54, 1.807) is 18.4 Å². The normalized spacial score (nSPS) is 10.1. The van der Waals surface area contributed by atoms with Crippen LogP contribution < -0.4 is 4.74 Å². The van der Waals surface area contributed by atoms with Gasteiger partial charge in [0.05, 0.1) is 12.8 Å². The van der Waals surface area contributed by atoms with Crippen LogP contribution in [-0.4, -0.2) is 12.1 Å². The molecule has 0 amide bonds. The van der Waals surface area contributed by atoms with Crippen LogP contribution in [0.1, 0.15) is 11.1 Å². The van der Waals surface area contributed by atoms with E-state index in [1.165, 1.54) is 16.7 Å². The van der Waals surface area contributed by atoms with Crippen LogP contribution in [0.25, 0.3) is 21.8 Å². The van der Waals surface area contributed by atoms with Crippen molar-refractivity contribution >= 4 is 28.3 Å². The lowest BCUT2D eigenvalue weighted by Crippen LogP contribution is -1.85. The standard InChI is InChI=1S/C18H17NOS.BrH/c1-12-4-9-16(13(2)10-12)17-11-21-18(19-17)14-5-7-15(20-3)8-6-14;/h4-11H,1-3H3;1H. The summed E-state index contributed by atoms with van der Waals surface area (Å²) < 4.78 is 5.19. The molecule has 0 saturated heterocycles. The van der Waals surface area contributed by atoms with Crippen molar-refractivity contribution in [3.8, 4) is 27.6 Å². The summed E-state index contributed by atoms with van der Waals surface area (Å²) in [4.78, 5) is 4.77. The summed E-state index contributed by atoms with van der Waals surface area (Å²) in [5.41, 5.74) is 5.92. The maximum absolute atomic E-state index is 5.19. The molecule has 0 aliphatic carbocycles. The van der Waals surface area contributed by atoms with Crippen molar-refractivity contribution in [3.63, 3.8) is 0 Å². The van der Waals surface area contributed by atoms with Gasteiger partial charge in [0.15, 0.2) is 0 Å². The number of rotatable bonds is 3. The molecule has 3 rings (SSSR count). The minimum Gasteiger partial charge on any atom is -0.497 e. The van der Waals surface area contributed by atoms with Crippen LogP contribution in [0.5, 0.6) is 5.75 Å². The molecule has 0 radical (unpaired) electrons. The number of thiazole rings is 1. The molecule has 114 valence electrons. The van der Waals surface area contributed by atoms with Crippen LogP contribution in [-0.2, 0) is 0 Å². The van der Waals surface area contributed by atoms with Crippen LogP contribution >= 0.6 is 28.3 Å². The third kappa shape index (κ3) is 3.39. The highest BCUT2D eigenvalue weighted by Crippen LogP contribution is 2.31. The minimum absolute atomic E-state index is 0. The Bertz CT molecular complexity index is 765. The van der Waals surface area contributed by atoms with Crippen LogP contribution in [0.2, 0.25) is 0 Å². The molecule has 2 aromatic carbocycles. The molecule has 0 fully saturated rings. The maximum Gasteiger partial charge on any atom is 0.124 e. The maximum atomic E-state index is 5.19. The van der Waals surface area contributed by atoms with Crippen molar-refractivity contribution in [1.29, 1.82) is 0 Å². The number of aryl methyl sites for hydroxylation is 2. The van der Waals surface area contributed by atoms with E-state index in [2.05, 4.69) is 37.4 Å². The first-order chi connectivity index (χ1) is 10.2. The fourth-order valence-electron chi connectivity index (χ4n) is 2.36. The monoisotopic (exact) mass is 375 g/mol. The van der Waals surface area contributed by atoms with E-state index in [0.717, 1.165) is 22.0 Å². The summed E-state index contributed by atoms with van der Waals surface area (Å²) >= 11 is 1.67. The van der Waals surface area contributed by atoms with Gasteiger partial charge in [0.2, 0.25) is 0 Å². The topological polar surface area (TPSA) is 22.1 Å². The summed E-state index contributed by atoms with van der Waals surface area (Å²) in [6, 6.07) is 14.5. The summed E-state index contributed by atoms with van der Waals surface area (Å²) in [6.07, 6.45) is 0. The third-order valence-corrected chi connectivity index (χ3v) is 4.39. The average Bonchev–Trinajstić information content (AvgIpc) is 2.97. The van der Waals surface area contributed by atoms with Crippen molar-refractivity contribution in [2.45, 2.75) is 13.8 Å². The molecule has 0 aliphatic rings. The zero-order chi connectivity index (χ0) is 14.8. The Hall–Kier alpha value is -1.65. The molecule has 4 heteroatoms. The lowest BCUT2D eigenvalue weighted by atomic mass is 10.0. The van der Waals surface area contributed by atoms with Gasteiger partial charge < -0.3 is 4.74 Å². The summed E-state index contributed by atoms with van der Waals surface area (Å²) in [6.45, 7) is 4.25. The zero-order valence-corrected chi connectivity index (χ0v) is 15.3. The molecule has 0 aliphatic heterocycles. The number of methoxy groups -OCH3 is 1. The predicted molar refractivity (Wildman–Crippen MR) is 99.3 cm³/mol. The van der Waals surface area contributed by atoms with Crippen molar-refractivity contribution in [1.82, 2.24) is 4.98 Å². The summed E-state index contributed by atoms with van der Waals surface area (Å²) in [7, 11) is 1.68. The molecule has 1 aromatic heterocycles. The van der Waals surface area contributed by atoms with Crippen LogP contribution in [0.15, 0.2) is 47.8 Å². The molecule has 22 heavy (non-hydrogen) atoms. The smallest absolute Gasteiger partial charge is 0.124 e. The largest absolute Gasteiger partial charge is 0.497 e. The molecule has 2 nitrogen and oxygen atoms in total. The number of nitrogens with zero attached hydrogens (tertiary/aromatic N) is 1. The number of aromatic nitrogens is 1. The second kappa shape index (κ2) is 7.07. The Morgan fingerprint density at radius 1 is 1.00 bits per heavy atom. The van der Waals surface area contributed by atoms with Gasteiger partial charge in [0, 0.05) is 16.5 Å². The molecular formula is C18H18BrNOS. The first-order valence-electron chi connectivity index (χ1n) is 6.85. The molecule has 0 N–H and O–H groups in total. The zero-order valence-electron chi connectivity index (χ0n) is 12.8. The average molecular weight is 376 g/mol. The Labute approximate surface area is 145 Å². The van der Waals surface area contributed by atoms with Crippen molar-refractivity contribution in [3.05, 3.63) is 59.0 Å². The molecule has 0 spiro atoms. The Morgan fingerprint density at radius 2 is 1.73 bits per heavy atom. The van der Waals surface area contributed by atoms with Crippen molar-refractivity contribution < 1.29 is 4.74 Å². The quantitative estimate of drug-likeness (QED) is 0.587. The van der Waals surface area contributed by atoms with Gasteiger partial charge in [-0.3, -0.25) is 0 Å². The molecule has 1 heterocycles. The highest BCUT2D eigenvalue weighted by Gasteiger charge is 2.09. The summed E-state index contributed by atoms with van der Waals surface area (Å²) in [5, 5.41) is 3.16.